The number of rotatable bonds is 11. The molecule has 156 valence electrons. The lowest BCUT2D eigenvalue weighted by Gasteiger charge is -2.24. The van der Waals surface area contributed by atoms with E-state index in [-0.39, 0.29) is 0 Å². The van der Waals surface area contributed by atoms with Crippen molar-refractivity contribution in [2.45, 2.75) is 65.2 Å². The van der Waals surface area contributed by atoms with Crippen molar-refractivity contribution in [3.05, 3.63) is 83.7 Å². The summed E-state index contributed by atoms with van der Waals surface area (Å²) in [5.74, 6) is 2.10. The van der Waals surface area contributed by atoms with Gasteiger partial charge in [-0.3, -0.25) is 0 Å². The zero-order valence-electron chi connectivity index (χ0n) is 18.6. The lowest BCUT2D eigenvalue weighted by atomic mass is 9.81. The van der Waals surface area contributed by atoms with E-state index in [2.05, 4.69) is 75.0 Å². The van der Waals surface area contributed by atoms with Crippen molar-refractivity contribution in [3.63, 3.8) is 0 Å². The average molecular weight is 390 g/mol. The number of hydrogen-bond donors (Lipinski definition) is 1. The van der Waals surface area contributed by atoms with E-state index in [4.69, 9.17) is 0 Å². The third-order valence-corrected chi connectivity index (χ3v) is 6.50. The minimum atomic E-state index is 0.552. The summed E-state index contributed by atoms with van der Waals surface area (Å²) in [5.41, 5.74) is 7.44. The maximum atomic E-state index is 4.62. The molecule has 1 heteroatoms. The molecule has 0 saturated heterocycles. The van der Waals surface area contributed by atoms with E-state index >= 15 is 0 Å². The molecule has 0 aromatic heterocycles. The highest BCUT2D eigenvalue weighted by Crippen LogP contribution is 2.53. The fourth-order valence-electron chi connectivity index (χ4n) is 4.64. The number of hydrogen-bond acceptors (Lipinski definition) is 1. The van der Waals surface area contributed by atoms with E-state index in [1.165, 1.54) is 36.0 Å². The van der Waals surface area contributed by atoms with Gasteiger partial charge < -0.3 is 5.32 Å². The van der Waals surface area contributed by atoms with Gasteiger partial charge in [0.05, 0.1) is 0 Å². The van der Waals surface area contributed by atoms with Gasteiger partial charge in [0.15, 0.2) is 0 Å². The second-order valence-corrected chi connectivity index (χ2v) is 8.90. The molecule has 3 rings (SSSR count). The molecule has 0 aromatic rings. The summed E-state index contributed by atoms with van der Waals surface area (Å²) in [6, 6.07) is 0. The first-order valence-corrected chi connectivity index (χ1v) is 11.6. The molecule has 3 atom stereocenters. The SMILES string of the molecule is C=CCCC(C)C(=C\CCC)/C(C(=C)CC/C=C1/CC=CNC1)=C1/C=CC2CC12. The van der Waals surface area contributed by atoms with Gasteiger partial charge in [0.2, 0.25) is 0 Å². The van der Waals surface area contributed by atoms with Crippen LogP contribution in [0.15, 0.2) is 83.7 Å². The molecule has 0 bridgehead atoms. The Bertz CT molecular complexity index is 755. The largest absolute Gasteiger partial charge is 0.387 e. The van der Waals surface area contributed by atoms with Crippen LogP contribution in [-0.2, 0) is 0 Å². The molecule has 1 N–H and O–H groups in total. The predicted molar refractivity (Wildman–Crippen MR) is 128 cm³/mol. The van der Waals surface area contributed by atoms with Crippen LogP contribution in [0.3, 0.4) is 0 Å². The minimum Gasteiger partial charge on any atom is -0.387 e. The van der Waals surface area contributed by atoms with Gasteiger partial charge in [0.1, 0.15) is 0 Å². The summed E-state index contributed by atoms with van der Waals surface area (Å²) in [4.78, 5) is 0. The molecule has 1 aliphatic heterocycles. The van der Waals surface area contributed by atoms with Gasteiger partial charge >= 0.3 is 0 Å². The van der Waals surface area contributed by atoms with E-state index in [1.54, 1.807) is 11.1 Å². The van der Waals surface area contributed by atoms with Gasteiger partial charge in [-0.2, -0.15) is 0 Å². The van der Waals surface area contributed by atoms with Crippen LogP contribution in [0.4, 0.5) is 0 Å². The Kier molecular flexibility index (Phi) is 7.98. The molecule has 0 radical (unpaired) electrons. The van der Waals surface area contributed by atoms with E-state index in [0.29, 0.717) is 5.92 Å². The Morgan fingerprint density at radius 3 is 2.79 bits per heavy atom. The van der Waals surface area contributed by atoms with E-state index in [1.807, 2.05) is 0 Å². The van der Waals surface area contributed by atoms with E-state index in [0.717, 1.165) is 50.5 Å². The van der Waals surface area contributed by atoms with Crippen LogP contribution in [0.25, 0.3) is 0 Å². The topological polar surface area (TPSA) is 12.0 Å². The first kappa shape index (κ1) is 21.7. The maximum absolute atomic E-state index is 4.62. The van der Waals surface area contributed by atoms with Crippen molar-refractivity contribution in [3.8, 4) is 0 Å². The summed E-state index contributed by atoms with van der Waals surface area (Å²) in [6.45, 7) is 14.2. The van der Waals surface area contributed by atoms with E-state index < -0.39 is 0 Å². The van der Waals surface area contributed by atoms with Crippen molar-refractivity contribution in [1.29, 1.82) is 0 Å². The fourth-order valence-corrected chi connectivity index (χ4v) is 4.64. The molecule has 29 heavy (non-hydrogen) atoms. The van der Waals surface area contributed by atoms with Crippen molar-refractivity contribution in [1.82, 2.24) is 5.32 Å². The lowest BCUT2D eigenvalue weighted by Crippen LogP contribution is -2.13. The molecule has 0 aromatic carbocycles. The second-order valence-electron chi connectivity index (χ2n) is 8.90. The van der Waals surface area contributed by atoms with Gasteiger partial charge in [-0.05, 0) is 91.2 Å². The molecular formula is C28H39N. The number of unbranched alkanes of at least 4 members (excludes halogenated alkanes) is 1. The number of nitrogens with one attached hydrogen (secondary N) is 1. The Hall–Kier alpha value is -2.02. The molecule has 3 unspecified atom stereocenters. The summed E-state index contributed by atoms with van der Waals surface area (Å²) < 4.78 is 0. The van der Waals surface area contributed by atoms with Crippen molar-refractivity contribution >= 4 is 0 Å². The maximum Gasteiger partial charge on any atom is 0.0357 e. The molecular weight excluding hydrogens is 350 g/mol. The van der Waals surface area contributed by atoms with Gasteiger partial charge in [-0.1, -0.05) is 68.9 Å². The summed E-state index contributed by atoms with van der Waals surface area (Å²) >= 11 is 0. The highest BCUT2D eigenvalue weighted by atomic mass is 14.8. The Labute approximate surface area is 178 Å². The second kappa shape index (κ2) is 10.7. The molecule has 3 aliphatic rings. The monoisotopic (exact) mass is 389 g/mol. The molecule has 2 aliphatic carbocycles. The van der Waals surface area contributed by atoms with Crippen LogP contribution in [0.1, 0.15) is 65.2 Å². The quantitative estimate of drug-likeness (QED) is 0.359. The smallest absolute Gasteiger partial charge is 0.0357 e. The summed E-state index contributed by atoms with van der Waals surface area (Å²) in [7, 11) is 0. The van der Waals surface area contributed by atoms with Crippen LogP contribution >= 0.6 is 0 Å². The highest BCUT2D eigenvalue weighted by Gasteiger charge is 2.42. The molecule has 1 fully saturated rings. The third kappa shape index (κ3) is 5.75. The lowest BCUT2D eigenvalue weighted by molar-refractivity contribution is 0.622. The van der Waals surface area contributed by atoms with E-state index in [9.17, 15) is 0 Å². The number of allylic oxidation sites excluding steroid dienone is 10. The standard InChI is InChI=1S/C28H39N/c1-5-7-11-21(3)25(15-8-6-2)28(26-17-16-24-19-27(24)26)22(4)12-9-13-23-14-10-18-29-20-23/h5,10,13,15-18,21,24,27,29H,1,4,6-9,11-12,14,19-20H2,2-3H3/b23-13-,25-15+,28-26-. The summed E-state index contributed by atoms with van der Waals surface area (Å²) in [5, 5.41) is 3.32. The van der Waals surface area contributed by atoms with Crippen LogP contribution in [0.2, 0.25) is 0 Å². The van der Waals surface area contributed by atoms with Gasteiger partial charge in [0.25, 0.3) is 0 Å². The van der Waals surface area contributed by atoms with Crippen LogP contribution in [0, 0.1) is 17.8 Å². The average Bonchev–Trinajstić information content (AvgIpc) is 3.41. The first-order chi connectivity index (χ1) is 14.2. The van der Waals surface area contributed by atoms with Crippen molar-refractivity contribution in [2.24, 2.45) is 17.8 Å². The van der Waals surface area contributed by atoms with Crippen LogP contribution < -0.4 is 5.32 Å². The Balaban J connectivity index is 1.81. The predicted octanol–water partition coefficient (Wildman–Crippen LogP) is 7.59. The zero-order valence-corrected chi connectivity index (χ0v) is 18.6. The Morgan fingerprint density at radius 2 is 2.17 bits per heavy atom. The zero-order chi connectivity index (χ0) is 20.6. The summed E-state index contributed by atoms with van der Waals surface area (Å²) in [6.07, 6.45) is 25.3. The van der Waals surface area contributed by atoms with Crippen molar-refractivity contribution < 1.29 is 0 Å². The van der Waals surface area contributed by atoms with Gasteiger partial charge in [0, 0.05) is 6.54 Å². The highest BCUT2D eigenvalue weighted by molar-refractivity contribution is 5.57. The van der Waals surface area contributed by atoms with Crippen molar-refractivity contribution in [2.75, 3.05) is 6.54 Å². The fraction of sp³-hybridized carbons (Fsp3) is 0.500. The third-order valence-electron chi connectivity index (χ3n) is 6.50. The minimum absolute atomic E-state index is 0.552. The van der Waals surface area contributed by atoms with Crippen LogP contribution in [-0.4, -0.2) is 6.54 Å². The van der Waals surface area contributed by atoms with Crippen LogP contribution in [0.5, 0.6) is 0 Å². The normalized spacial score (nSPS) is 26.8. The van der Waals surface area contributed by atoms with Gasteiger partial charge in [-0.25, -0.2) is 0 Å². The molecule has 0 spiro atoms. The van der Waals surface area contributed by atoms with Gasteiger partial charge in [-0.15, -0.1) is 6.58 Å². The number of fused-ring (bicyclic) bond motifs is 1. The molecule has 1 heterocycles. The molecule has 1 saturated carbocycles. The Morgan fingerprint density at radius 1 is 1.31 bits per heavy atom. The first-order valence-electron chi connectivity index (χ1n) is 11.6. The molecule has 1 nitrogen and oxygen atoms in total. The molecule has 0 amide bonds.